The van der Waals surface area contributed by atoms with Crippen molar-refractivity contribution in [1.29, 1.82) is 0 Å². The molecule has 3 N–H and O–H groups in total. The summed E-state index contributed by atoms with van der Waals surface area (Å²) in [5.41, 5.74) is -0.156. The molecular formula is C15H24N2O3. The number of hydrogen-bond acceptors (Lipinski definition) is 2. The minimum Gasteiger partial charge on any atom is -0.481 e. The Morgan fingerprint density at radius 3 is 2.45 bits per heavy atom. The standard InChI is InChI=1S/C15H24N2O3/c1-15(9-3-2-4-10-15)17-14(20)16-12-7-5-11(6-8-12)13(18)19/h2-3,11-12H,4-10H2,1H3,(H,18,19)(H2,16,17,20). The molecule has 2 aliphatic rings. The Labute approximate surface area is 119 Å². The number of carboxylic acids is 1. The van der Waals surface area contributed by atoms with E-state index in [0.717, 1.165) is 32.1 Å². The summed E-state index contributed by atoms with van der Waals surface area (Å²) in [6.07, 6.45) is 9.90. The van der Waals surface area contributed by atoms with Crippen LogP contribution in [0.5, 0.6) is 0 Å². The monoisotopic (exact) mass is 280 g/mol. The molecule has 0 bridgehead atoms. The van der Waals surface area contributed by atoms with Gasteiger partial charge in [-0.15, -0.1) is 0 Å². The van der Waals surface area contributed by atoms with Gasteiger partial charge >= 0.3 is 12.0 Å². The Hall–Kier alpha value is -1.52. The van der Waals surface area contributed by atoms with Gasteiger partial charge in [-0.1, -0.05) is 12.2 Å². The van der Waals surface area contributed by atoms with E-state index in [1.165, 1.54) is 0 Å². The molecule has 2 aliphatic carbocycles. The number of carbonyl (C=O) groups excluding carboxylic acids is 1. The Bertz CT molecular complexity index is 400. The average molecular weight is 280 g/mol. The molecule has 1 unspecified atom stereocenters. The predicted octanol–water partition coefficient (Wildman–Crippen LogP) is 2.43. The topological polar surface area (TPSA) is 78.4 Å². The second kappa shape index (κ2) is 6.29. The third-order valence-electron chi connectivity index (χ3n) is 4.42. The third kappa shape index (κ3) is 3.99. The molecule has 1 saturated carbocycles. The predicted molar refractivity (Wildman–Crippen MR) is 76.4 cm³/mol. The summed E-state index contributed by atoms with van der Waals surface area (Å²) >= 11 is 0. The van der Waals surface area contributed by atoms with Crippen LogP contribution in [0.1, 0.15) is 51.9 Å². The third-order valence-corrected chi connectivity index (χ3v) is 4.42. The smallest absolute Gasteiger partial charge is 0.315 e. The number of hydrogen-bond donors (Lipinski definition) is 3. The van der Waals surface area contributed by atoms with Crippen molar-refractivity contribution in [3.05, 3.63) is 12.2 Å². The van der Waals surface area contributed by atoms with E-state index in [-0.39, 0.29) is 23.5 Å². The van der Waals surface area contributed by atoms with E-state index >= 15 is 0 Å². The van der Waals surface area contributed by atoms with E-state index < -0.39 is 5.97 Å². The van der Waals surface area contributed by atoms with Crippen LogP contribution in [0.25, 0.3) is 0 Å². The van der Waals surface area contributed by atoms with E-state index in [1.807, 2.05) is 0 Å². The van der Waals surface area contributed by atoms with Crippen molar-refractivity contribution in [3.8, 4) is 0 Å². The number of urea groups is 1. The highest BCUT2D eigenvalue weighted by molar-refractivity contribution is 5.75. The molecule has 0 aromatic carbocycles. The second-order valence-electron chi connectivity index (χ2n) is 6.26. The van der Waals surface area contributed by atoms with Crippen LogP contribution in [-0.4, -0.2) is 28.7 Å². The van der Waals surface area contributed by atoms with Gasteiger partial charge in [0.05, 0.1) is 5.92 Å². The molecule has 0 aliphatic heterocycles. The zero-order valence-corrected chi connectivity index (χ0v) is 12.0. The Kier molecular flexibility index (Phi) is 4.68. The Morgan fingerprint density at radius 2 is 1.90 bits per heavy atom. The van der Waals surface area contributed by atoms with Gasteiger partial charge in [0.1, 0.15) is 0 Å². The van der Waals surface area contributed by atoms with E-state index in [4.69, 9.17) is 5.11 Å². The largest absolute Gasteiger partial charge is 0.481 e. The number of allylic oxidation sites excluding steroid dienone is 1. The molecule has 1 fully saturated rings. The van der Waals surface area contributed by atoms with Gasteiger partial charge in [0, 0.05) is 11.6 Å². The van der Waals surface area contributed by atoms with Gasteiger partial charge in [-0.3, -0.25) is 4.79 Å². The number of amides is 2. The highest BCUT2D eigenvalue weighted by Gasteiger charge is 2.29. The summed E-state index contributed by atoms with van der Waals surface area (Å²) in [4.78, 5) is 22.9. The number of carboxylic acid groups (broad SMARTS) is 1. The molecule has 112 valence electrons. The number of rotatable bonds is 3. The first-order chi connectivity index (χ1) is 9.48. The first-order valence-electron chi connectivity index (χ1n) is 7.45. The molecule has 20 heavy (non-hydrogen) atoms. The van der Waals surface area contributed by atoms with Crippen LogP contribution in [-0.2, 0) is 4.79 Å². The summed E-state index contributed by atoms with van der Waals surface area (Å²) in [7, 11) is 0. The molecule has 0 aromatic heterocycles. The molecule has 0 saturated heterocycles. The van der Waals surface area contributed by atoms with E-state index in [9.17, 15) is 9.59 Å². The zero-order valence-electron chi connectivity index (χ0n) is 12.0. The molecule has 0 heterocycles. The highest BCUT2D eigenvalue weighted by Crippen LogP contribution is 2.25. The van der Waals surface area contributed by atoms with Gasteiger partial charge in [-0.25, -0.2) is 4.79 Å². The van der Waals surface area contributed by atoms with E-state index in [0.29, 0.717) is 12.8 Å². The molecule has 2 rings (SSSR count). The van der Waals surface area contributed by atoms with Crippen molar-refractivity contribution >= 4 is 12.0 Å². The fourth-order valence-electron chi connectivity index (χ4n) is 3.06. The minimum atomic E-state index is -0.714. The maximum absolute atomic E-state index is 12.0. The summed E-state index contributed by atoms with van der Waals surface area (Å²) < 4.78 is 0. The van der Waals surface area contributed by atoms with Crippen LogP contribution in [0.3, 0.4) is 0 Å². The summed E-state index contributed by atoms with van der Waals surface area (Å²) in [5, 5.41) is 15.0. The van der Waals surface area contributed by atoms with Crippen molar-refractivity contribution in [2.24, 2.45) is 5.92 Å². The lowest BCUT2D eigenvalue weighted by Crippen LogP contribution is -2.53. The average Bonchev–Trinajstić information content (AvgIpc) is 2.39. The molecule has 5 heteroatoms. The van der Waals surface area contributed by atoms with Crippen LogP contribution < -0.4 is 10.6 Å². The van der Waals surface area contributed by atoms with Crippen molar-refractivity contribution in [3.63, 3.8) is 0 Å². The summed E-state index contributed by atoms with van der Waals surface area (Å²) in [5.74, 6) is -0.952. The molecule has 0 radical (unpaired) electrons. The van der Waals surface area contributed by atoms with Crippen LogP contribution in [0.2, 0.25) is 0 Å². The van der Waals surface area contributed by atoms with Crippen molar-refractivity contribution in [1.82, 2.24) is 10.6 Å². The van der Waals surface area contributed by atoms with E-state index in [2.05, 4.69) is 29.7 Å². The second-order valence-corrected chi connectivity index (χ2v) is 6.26. The van der Waals surface area contributed by atoms with Gasteiger partial charge in [0.15, 0.2) is 0 Å². The van der Waals surface area contributed by atoms with Crippen LogP contribution >= 0.6 is 0 Å². The van der Waals surface area contributed by atoms with Gasteiger partial charge in [-0.2, -0.15) is 0 Å². The van der Waals surface area contributed by atoms with Gasteiger partial charge in [0.2, 0.25) is 0 Å². The van der Waals surface area contributed by atoms with Gasteiger partial charge in [-0.05, 0) is 51.9 Å². The molecule has 2 amide bonds. The Morgan fingerprint density at radius 1 is 1.20 bits per heavy atom. The zero-order chi connectivity index (χ0) is 14.6. The number of aliphatic carboxylic acids is 1. The maximum atomic E-state index is 12.0. The lowest BCUT2D eigenvalue weighted by Gasteiger charge is -2.33. The maximum Gasteiger partial charge on any atom is 0.315 e. The van der Waals surface area contributed by atoms with Crippen LogP contribution in [0.4, 0.5) is 4.79 Å². The van der Waals surface area contributed by atoms with Crippen molar-refractivity contribution in [2.45, 2.75) is 63.5 Å². The van der Waals surface area contributed by atoms with Crippen LogP contribution in [0.15, 0.2) is 12.2 Å². The fourth-order valence-corrected chi connectivity index (χ4v) is 3.06. The quantitative estimate of drug-likeness (QED) is 0.695. The lowest BCUT2D eigenvalue weighted by molar-refractivity contribution is -0.142. The lowest BCUT2D eigenvalue weighted by atomic mass is 9.86. The minimum absolute atomic E-state index is 0.105. The Balaban J connectivity index is 1.75. The molecule has 0 aromatic rings. The highest BCUT2D eigenvalue weighted by atomic mass is 16.4. The first-order valence-corrected chi connectivity index (χ1v) is 7.45. The molecular weight excluding hydrogens is 256 g/mol. The summed E-state index contributed by atoms with van der Waals surface area (Å²) in [6.45, 7) is 2.07. The SMILES string of the molecule is CC1(NC(=O)NC2CCC(C(=O)O)CC2)CC=CCC1. The molecule has 5 nitrogen and oxygen atoms in total. The molecule has 0 spiro atoms. The summed E-state index contributed by atoms with van der Waals surface area (Å²) in [6, 6.07) is -0.0186. The van der Waals surface area contributed by atoms with Gasteiger partial charge < -0.3 is 15.7 Å². The normalized spacial score (nSPS) is 33.5. The number of nitrogens with one attached hydrogen (secondary N) is 2. The van der Waals surface area contributed by atoms with Crippen LogP contribution in [0, 0.1) is 5.92 Å². The fraction of sp³-hybridized carbons (Fsp3) is 0.733. The molecule has 1 atom stereocenters. The van der Waals surface area contributed by atoms with Gasteiger partial charge in [0.25, 0.3) is 0 Å². The number of carbonyl (C=O) groups is 2. The van der Waals surface area contributed by atoms with Crippen molar-refractivity contribution in [2.75, 3.05) is 0 Å². The first kappa shape index (κ1) is 14.9. The van der Waals surface area contributed by atoms with E-state index in [1.54, 1.807) is 0 Å². The van der Waals surface area contributed by atoms with Crippen molar-refractivity contribution < 1.29 is 14.7 Å².